The van der Waals surface area contributed by atoms with Gasteiger partial charge in [-0.25, -0.2) is 23.1 Å². The Hall–Kier alpha value is -4.09. The van der Waals surface area contributed by atoms with Gasteiger partial charge in [-0.15, -0.1) is 5.10 Å². The summed E-state index contributed by atoms with van der Waals surface area (Å²) >= 11 is 0. The van der Waals surface area contributed by atoms with Crippen molar-refractivity contribution in [3.05, 3.63) is 89.8 Å². The monoisotopic (exact) mass is 462 g/mol. The van der Waals surface area contributed by atoms with Crippen LogP contribution in [0.1, 0.15) is 23.7 Å². The number of alkyl halides is 3. The molecular weight excluding hydrogens is 447 g/mol. The molecule has 170 valence electrons. The van der Waals surface area contributed by atoms with Gasteiger partial charge in [-0.1, -0.05) is 5.21 Å². The van der Waals surface area contributed by atoms with Crippen LogP contribution in [0.3, 0.4) is 0 Å². The van der Waals surface area contributed by atoms with Crippen LogP contribution in [0, 0.1) is 11.6 Å². The molecular formula is C21H15F5N6O. The summed E-state index contributed by atoms with van der Waals surface area (Å²) in [4.78, 5) is 3.84. The Morgan fingerprint density at radius 3 is 2.45 bits per heavy atom. The van der Waals surface area contributed by atoms with Crippen molar-refractivity contribution in [2.45, 2.75) is 19.7 Å². The van der Waals surface area contributed by atoms with Gasteiger partial charge in [0.15, 0.2) is 5.76 Å². The molecule has 0 aliphatic rings. The van der Waals surface area contributed by atoms with Gasteiger partial charge in [0.1, 0.15) is 36.6 Å². The van der Waals surface area contributed by atoms with E-state index in [4.69, 9.17) is 4.74 Å². The van der Waals surface area contributed by atoms with Gasteiger partial charge < -0.3 is 4.74 Å². The van der Waals surface area contributed by atoms with Crippen molar-refractivity contribution < 1.29 is 26.7 Å². The molecule has 0 aliphatic carbocycles. The Kier molecular flexibility index (Phi) is 5.90. The highest BCUT2D eigenvalue weighted by atomic mass is 19.4. The topological polar surface area (TPSA) is 70.7 Å². The molecule has 0 spiro atoms. The van der Waals surface area contributed by atoms with E-state index in [1.54, 1.807) is 6.92 Å². The third-order valence-electron chi connectivity index (χ3n) is 4.63. The highest BCUT2D eigenvalue weighted by Crippen LogP contribution is 2.30. The summed E-state index contributed by atoms with van der Waals surface area (Å²) in [5.74, 6) is -1.51. The summed E-state index contributed by atoms with van der Waals surface area (Å²) in [6, 6.07) is 7.46. The van der Waals surface area contributed by atoms with Gasteiger partial charge in [-0.3, -0.25) is 0 Å². The summed E-state index contributed by atoms with van der Waals surface area (Å²) in [6.45, 7) is 1.46. The molecule has 0 saturated heterocycles. The fourth-order valence-corrected chi connectivity index (χ4v) is 2.98. The fourth-order valence-electron chi connectivity index (χ4n) is 2.98. The molecule has 0 aliphatic heterocycles. The number of aromatic nitrogens is 6. The standard InChI is InChI=1S/C21H15F5N6O/c1-13(32-12-27-11-28-32)20(18-7-4-15(22)8-19(18)23)33-10-16-9-31(30-29-16)17-5-2-14(3-6-17)21(24,25)26/h2-9,11-12H,10H2,1H3/b20-13-. The first-order valence-electron chi connectivity index (χ1n) is 9.45. The Labute approximate surface area is 183 Å². The van der Waals surface area contributed by atoms with E-state index in [2.05, 4.69) is 20.4 Å². The first kappa shape index (κ1) is 22.1. The number of halogens is 5. The second-order valence-electron chi connectivity index (χ2n) is 6.87. The molecule has 0 bridgehead atoms. The van der Waals surface area contributed by atoms with Crippen LogP contribution < -0.4 is 0 Å². The van der Waals surface area contributed by atoms with E-state index >= 15 is 0 Å². The lowest BCUT2D eigenvalue weighted by atomic mass is 10.1. The Balaban J connectivity index is 1.58. The lowest BCUT2D eigenvalue weighted by molar-refractivity contribution is -0.137. The molecule has 4 aromatic rings. The number of allylic oxidation sites excluding steroid dienone is 1. The molecule has 0 amide bonds. The van der Waals surface area contributed by atoms with E-state index in [9.17, 15) is 22.0 Å². The zero-order valence-electron chi connectivity index (χ0n) is 17.0. The quantitative estimate of drug-likeness (QED) is 0.306. The smallest absolute Gasteiger partial charge is 0.416 e. The number of benzene rings is 2. The molecule has 0 atom stereocenters. The molecule has 0 N–H and O–H groups in total. The fraction of sp³-hybridized carbons (Fsp3) is 0.143. The number of rotatable bonds is 6. The van der Waals surface area contributed by atoms with Crippen LogP contribution >= 0.6 is 0 Å². The van der Waals surface area contributed by atoms with E-state index in [-0.39, 0.29) is 17.9 Å². The lowest BCUT2D eigenvalue weighted by Crippen LogP contribution is -2.05. The molecule has 33 heavy (non-hydrogen) atoms. The zero-order chi connectivity index (χ0) is 23.6. The first-order chi connectivity index (χ1) is 15.7. The third-order valence-corrected chi connectivity index (χ3v) is 4.63. The number of hydrogen-bond acceptors (Lipinski definition) is 5. The Morgan fingerprint density at radius 1 is 1.06 bits per heavy atom. The summed E-state index contributed by atoms with van der Waals surface area (Å²) in [5, 5.41) is 11.8. The maximum Gasteiger partial charge on any atom is 0.416 e. The van der Waals surface area contributed by atoms with Crippen molar-refractivity contribution in [2.75, 3.05) is 0 Å². The largest absolute Gasteiger partial charge is 0.485 e. The second kappa shape index (κ2) is 8.81. The second-order valence-corrected chi connectivity index (χ2v) is 6.87. The van der Waals surface area contributed by atoms with Crippen molar-refractivity contribution in [3.8, 4) is 5.69 Å². The highest BCUT2D eigenvalue weighted by molar-refractivity contribution is 5.77. The zero-order valence-corrected chi connectivity index (χ0v) is 17.0. The highest BCUT2D eigenvalue weighted by Gasteiger charge is 2.30. The Morgan fingerprint density at radius 2 is 1.82 bits per heavy atom. The minimum absolute atomic E-state index is 0.000434. The molecule has 0 fully saturated rings. The predicted molar refractivity (Wildman–Crippen MR) is 106 cm³/mol. The van der Waals surface area contributed by atoms with Gasteiger partial charge in [0.25, 0.3) is 0 Å². The van der Waals surface area contributed by atoms with E-state index in [1.807, 2.05) is 0 Å². The number of nitrogens with zero attached hydrogens (tertiary/aromatic N) is 6. The normalized spacial score (nSPS) is 12.5. The molecule has 0 unspecified atom stereocenters. The summed E-state index contributed by atoms with van der Waals surface area (Å²) in [7, 11) is 0. The lowest BCUT2D eigenvalue weighted by Gasteiger charge is -2.14. The van der Waals surface area contributed by atoms with Gasteiger partial charge in [0.05, 0.1) is 28.7 Å². The van der Waals surface area contributed by atoms with Crippen molar-refractivity contribution in [1.29, 1.82) is 0 Å². The van der Waals surface area contributed by atoms with Crippen LogP contribution in [-0.2, 0) is 17.5 Å². The first-order valence-corrected chi connectivity index (χ1v) is 9.45. The average Bonchev–Trinajstić information content (AvgIpc) is 3.47. The minimum atomic E-state index is -4.44. The molecule has 2 heterocycles. The van der Waals surface area contributed by atoms with Gasteiger partial charge in [-0.2, -0.15) is 18.3 Å². The Bertz CT molecular complexity index is 1280. The van der Waals surface area contributed by atoms with Gasteiger partial charge in [0, 0.05) is 6.07 Å². The van der Waals surface area contributed by atoms with Crippen molar-refractivity contribution in [2.24, 2.45) is 0 Å². The molecule has 4 rings (SSSR count). The van der Waals surface area contributed by atoms with Crippen LogP contribution in [0.5, 0.6) is 0 Å². The number of hydrogen-bond donors (Lipinski definition) is 0. The summed E-state index contributed by atoms with van der Waals surface area (Å²) < 4.78 is 74.5. The van der Waals surface area contributed by atoms with E-state index in [1.165, 1.54) is 46.4 Å². The van der Waals surface area contributed by atoms with Crippen LogP contribution in [0.25, 0.3) is 17.1 Å². The van der Waals surface area contributed by atoms with Crippen LogP contribution in [0.15, 0.2) is 61.3 Å². The summed E-state index contributed by atoms with van der Waals surface area (Å²) in [5.41, 5.74) is 0.282. The molecule has 0 radical (unpaired) electrons. The van der Waals surface area contributed by atoms with Crippen LogP contribution in [0.4, 0.5) is 22.0 Å². The van der Waals surface area contributed by atoms with Gasteiger partial charge >= 0.3 is 6.18 Å². The van der Waals surface area contributed by atoms with Crippen LogP contribution in [0.2, 0.25) is 0 Å². The molecule has 7 nitrogen and oxygen atoms in total. The predicted octanol–water partition coefficient (Wildman–Crippen LogP) is 4.72. The van der Waals surface area contributed by atoms with E-state index < -0.39 is 23.4 Å². The SMILES string of the molecule is C/C(=C(/OCc1cn(-c2ccc(C(F)(F)F)cc2)nn1)c1ccc(F)cc1F)n1cncn1. The van der Waals surface area contributed by atoms with E-state index in [0.717, 1.165) is 24.3 Å². The van der Waals surface area contributed by atoms with Crippen LogP contribution in [-0.4, -0.2) is 29.8 Å². The molecule has 0 saturated carbocycles. The van der Waals surface area contributed by atoms with Crippen molar-refractivity contribution >= 4 is 11.5 Å². The molecule has 12 heteroatoms. The summed E-state index contributed by atoms with van der Waals surface area (Å²) in [6.07, 6.45) is -0.301. The minimum Gasteiger partial charge on any atom is -0.485 e. The van der Waals surface area contributed by atoms with Crippen molar-refractivity contribution in [1.82, 2.24) is 29.8 Å². The van der Waals surface area contributed by atoms with E-state index in [0.29, 0.717) is 17.1 Å². The number of ether oxygens (including phenoxy) is 1. The van der Waals surface area contributed by atoms with Crippen molar-refractivity contribution in [3.63, 3.8) is 0 Å². The molecule has 2 aromatic carbocycles. The third kappa shape index (κ3) is 4.89. The average molecular weight is 462 g/mol. The molecule has 2 aromatic heterocycles. The maximum absolute atomic E-state index is 14.5. The van der Waals surface area contributed by atoms with Gasteiger partial charge in [0.2, 0.25) is 0 Å². The van der Waals surface area contributed by atoms with Gasteiger partial charge in [-0.05, 0) is 43.3 Å². The maximum atomic E-state index is 14.5.